The molecule has 128 valence electrons. The van der Waals surface area contributed by atoms with Gasteiger partial charge in [-0.25, -0.2) is 4.79 Å². The highest BCUT2D eigenvalue weighted by molar-refractivity contribution is 14.1. The summed E-state index contributed by atoms with van der Waals surface area (Å²) in [4.78, 5) is 18.4. The number of phenolic OH excluding ortho intramolecular Hbond substituents is 1. The summed E-state index contributed by atoms with van der Waals surface area (Å²) >= 11 is 5.51. The van der Waals surface area contributed by atoms with E-state index in [2.05, 4.69) is 43.5 Å². The molecule has 0 unspecified atom stereocenters. The lowest BCUT2D eigenvalue weighted by Gasteiger charge is -2.39. The van der Waals surface area contributed by atoms with Crippen molar-refractivity contribution in [3.05, 3.63) is 31.9 Å². The van der Waals surface area contributed by atoms with Crippen LogP contribution in [0.4, 0.5) is 4.79 Å². The molecule has 24 heavy (non-hydrogen) atoms. The number of rotatable bonds is 1. The van der Waals surface area contributed by atoms with Crippen LogP contribution >= 0.6 is 38.5 Å². The zero-order valence-electron chi connectivity index (χ0n) is 13.6. The average Bonchev–Trinajstić information content (AvgIpc) is 2.42. The number of hydrogen-bond acceptors (Lipinski definition) is 4. The van der Waals surface area contributed by atoms with Gasteiger partial charge in [-0.3, -0.25) is 4.98 Å². The molecule has 1 N–H and O–H groups in total. The number of phenols is 1. The van der Waals surface area contributed by atoms with Crippen molar-refractivity contribution in [2.24, 2.45) is 0 Å². The number of hydrogen-bond donors (Lipinski definition) is 1. The molecule has 7 heteroatoms. The maximum absolute atomic E-state index is 12.0. The van der Waals surface area contributed by atoms with Crippen molar-refractivity contribution >= 4 is 55.5 Å². The number of aromatic nitrogens is 1. The van der Waals surface area contributed by atoms with Crippen LogP contribution in [0.5, 0.6) is 5.75 Å². The summed E-state index contributed by atoms with van der Waals surface area (Å²) in [5.74, 6) is 0.395. The number of nitrogens with zero attached hydrogens (tertiary/aromatic N) is 2. The van der Waals surface area contributed by atoms with Gasteiger partial charge in [0.15, 0.2) is 0 Å². The number of ether oxygens (including phenoxy) is 1. The van der Waals surface area contributed by atoms with Crippen molar-refractivity contribution in [2.75, 3.05) is 13.1 Å². The predicted octanol–water partition coefficient (Wildman–Crippen LogP) is 4.64. The van der Waals surface area contributed by atoms with Gasteiger partial charge in [-0.2, -0.15) is 0 Å². The molecule has 1 aliphatic heterocycles. The lowest BCUT2D eigenvalue weighted by atomic mass is 9.95. The molecule has 1 aromatic carbocycles. The second kappa shape index (κ2) is 6.33. The minimum atomic E-state index is -0.483. The fourth-order valence-corrected chi connectivity index (χ4v) is 4.07. The molecule has 1 fully saturated rings. The molecule has 1 saturated heterocycles. The number of aromatic hydroxyl groups is 1. The maximum atomic E-state index is 12.0. The van der Waals surface area contributed by atoms with Gasteiger partial charge in [-0.05, 0) is 71.4 Å². The Balaban J connectivity index is 1.77. The van der Waals surface area contributed by atoms with E-state index in [0.717, 1.165) is 20.2 Å². The lowest BCUT2D eigenvalue weighted by Crippen LogP contribution is -2.50. The Bertz CT molecular complexity index is 814. The highest BCUT2D eigenvalue weighted by atomic mass is 127. The van der Waals surface area contributed by atoms with Crippen molar-refractivity contribution in [1.29, 1.82) is 0 Å². The van der Waals surface area contributed by atoms with Gasteiger partial charge in [0.05, 0.1) is 13.6 Å². The standard InChI is InChI=1S/C17H18BrIN2O3/c1-17(2,3)24-16(23)21-7-10(8-21)12-5-4-9-6-11(19)15(22)13(18)14(9)20-12/h4-6,10,22H,7-8H2,1-3H3. The van der Waals surface area contributed by atoms with E-state index in [1.165, 1.54) is 0 Å². The summed E-state index contributed by atoms with van der Waals surface area (Å²) in [6.45, 7) is 6.78. The van der Waals surface area contributed by atoms with Crippen LogP contribution in [-0.4, -0.2) is 39.8 Å². The van der Waals surface area contributed by atoms with Gasteiger partial charge in [0.25, 0.3) is 0 Å². The highest BCUT2D eigenvalue weighted by Crippen LogP contribution is 2.37. The third-order valence-corrected chi connectivity index (χ3v) is 5.40. The fourth-order valence-electron chi connectivity index (χ4n) is 2.57. The minimum absolute atomic E-state index is 0.190. The minimum Gasteiger partial charge on any atom is -0.506 e. The molecule has 0 saturated carbocycles. The topological polar surface area (TPSA) is 62.7 Å². The van der Waals surface area contributed by atoms with Crippen molar-refractivity contribution in [3.63, 3.8) is 0 Å². The first-order chi connectivity index (χ1) is 11.2. The molecule has 0 bridgehead atoms. The van der Waals surface area contributed by atoms with Gasteiger partial charge >= 0.3 is 6.09 Å². The van der Waals surface area contributed by atoms with Crippen molar-refractivity contribution in [2.45, 2.75) is 32.3 Å². The zero-order valence-corrected chi connectivity index (χ0v) is 17.4. The number of carbonyl (C=O) groups is 1. The van der Waals surface area contributed by atoms with Gasteiger partial charge in [0.2, 0.25) is 0 Å². The number of likely N-dealkylation sites (tertiary alicyclic amines) is 1. The van der Waals surface area contributed by atoms with E-state index in [4.69, 9.17) is 4.74 Å². The summed E-state index contributed by atoms with van der Waals surface area (Å²) in [6.07, 6.45) is -0.284. The summed E-state index contributed by atoms with van der Waals surface area (Å²) < 4.78 is 6.75. The van der Waals surface area contributed by atoms with Crippen molar-refractivity contribution in [1.82, 2.24) is 9.88 Å². The Hall–Kier alpha value is -1.09. The SMILES string of the molecule is CC(C)(C)OC(=O)N1CC(c2ccc3cc(I)c(O)c(Br)c3n2)C1. The number of halogens is 2. The Morgan fingerprint density at radius 3 is 2.71 bits per heavy atom. The van der Waals surface area contributed by atoms with Crippen LogP contribution in [0.1, 0.15) is 32.4 Å². The molecule has 0 spiro atoms. The third-order valence-electron chi connectivity index (χ3n) is 3.82. The molecule has 1 aromatic heterocycles. The molecular weight excluding hydrogens is 487 g/mol. The summed E-state index contributed by atoms with van der Waals surface area (Å²) in [5.41, 5.74) is 1.17. The smallest absolute Gasteiger partial charge is 0.410 e. The maximum Gasteiger partial charge on any atom is 0.410 e. The number of benzene rings is 1. The van der Waals surface area contributed by atoms with E-state index in [1.54, 1.807) is 4.90 Å². The molecule has 5 nitrogen and oxygen atoms in total. The van der Waals surface area contributed by atoms with Crippen LogP contribution in [0.3, 0.4) is 0 Å². The van der Waals surface area contributed by atoms with E-state index in [1.807, 2.05) is 39.0 Å². The van der Waals surface area contributed by atoms with E-state index in [9.17, 15) is 9.90 Å². The highest BCUT2D eigenvalue weighted by Gasteiger charge is 2.35. The molecule has 0 atom stereocenters. The Morgan fingerprint density at radius 1 is 1.42 bits per heavy atom. The monoisotopic (exact) mass is 504 g/mol. The van der Waals surface area contributed by atoms with Gasteiger partial charge in [-0.1, -0.05) is 6.07 Å². The van der Waals surface area contributed by atoms with Crippen LogP contribution in [0, 0.1) is 3.57 Å². The summed E-state index contributed by atoms with van der Waals surface area (Å²) in [7, 11) is 0. The molecular formula is C17H18BrIN2O3. The number of carbonyl (C=O) groups excluding carboxylic acids is 1. The van der Waals surface area contributed by atoms with Crippen LogP contribution in [0.2, 0.25) is 0 Å². The molecule has 3 rings (SSSR count). The largest absolute Gasteiger partial charge is 0.506 e. The van der Waals surface area contributed by atoms with Gasteiger partial charge in [0, 0.05) is 30.1 Å². The molecule has 0 radical (unpaired) electrons. The van der Waals surface area contributed by atoms with Crippen LogP contribution in [-0.2, 0) is 4.74 Å². The van der Waals surface area contributed by atoms with Crippen LogP contribution in [0.15, 0.2) is 22.7 Å². The number of pyridine rings is 1. The zero-order chi connectivity index (χ0) is 17.6. The van der Waals surface area contributed by atoms with Crippen molar-refractivity contribution < 1.29 is 14.6 Å². The molecule has 2 heterocycles. The Morgan fingerprint density at radius 2 is 2.08 bits per heavy atom. The van der Waals surface area contributed by atoms with E-state index < -0.39 is 5.60 Å². The molecule has 0 aliphatic carbocycles. The van der Waals surface area contributed by atoms with E-state index in [0.29, 0.717) is 17.6 Å². The first-order valence-electron chi connectivity index (χ1n) is 7.61. The molecule has 2 aromatic rings. The first-order valence-corrected chi connectivity index (χ1v) is 9.48. The first kappa shape index (κ1) is 17.7. The fraction of sp³-hybridized carbons (Fsp3) is 0.412. The normalized spacial score (nSPS) is 15.5. The van der Waals surface area contributed by atoms with Gasteiger partial charge in [-0.15, -0.1) is 0 Å². The molecule has 1 amide bonds. The lowest BCUT2D eigenvalue weighted by molar-refractivity contribution is 0.00790. The summed E-state index contributed by atoms with van der Waals surface area (Å²) in [5, 5.41) is 11.0. The van der Waals surface area contributed by atoms with Crippen LogP contribution in [0.25, 0.3) is 10.9 Å². The second-order valence-electron chi connectivity index (χ2n) is 6.91. The van der Waals surface area contributed by atoms with Gasteiger partial charge < -0.3 is 14.7 Å². The molecule has 1 aliphatic rings. The third kappa shape index (κ3) is 3.46. The second-order valence-corrected chi connectivity index (χ2v) is 8.87. The van der Waals surface area contributed by atoms with Crippen molar-refractivity contribution in [3.8, 4) is 5.75 Å². The number of fused-ring (bicyclic) bond motifs is 1. The predicted molar refractivity (Wildman–Crippen MR) is 104 cm³/mol. The van der Waals surface area contributed by atoms with Gasteiger partial charge in [0.1, 0.15) is 11.4 Å². The quantitative estimate of drug-likeness (QED) is 0.574. The van der Waals surface area contributed by atoms with Crippen LogP contribution < -0.4 is 0 Å². The van der Waals surface area contributed by atoms with E-state index >= 15 is 0 Å². The average molecular weight is 505 g/mol. The van der Waals surface area contributed by atoms with E-state index in [-0.39, 0.29) is 17.8 Å². The Labute approximate surface area is 162 Å². The number of amides is 1. The summed E-state index contributed by atoms with van der Waals surface area (Å²) in [6, 6.07) is 5.89. The Kier molecular flexibility index (Phi) is 4.67.